The summed E-state index contributed by atoms with van der Waals surface area (Å²) in [5, 5.41) is 1.28. The number of aryl methyl sites for hydroxylation is 1. The molecule has 27 heavy (non-hydrogen) atoms. The topological polar surface area (TPSA) is 18.5 Å². The highest BCUT2D eigenvalue weighted by Crippen LogP contribution is 2.49. The highest BCUT2D eigenvalue weighted by atomic mass is 28.2. The van der Waals surface area contributed by atoms with Crippen molar-refractivity contribution in [1.29, 1.82) is 0 Å². The van der Waals surface area contributed by atoms with E-state index in [1.807, 2.05) is 0 Å². The summed E-state index contributed by atoms with van der Waals surface area (Å²) >= 11 is 0. The molecular formula is C24H24O2Si. The van der Waals surface area contributed by atoms with Gasteiger partial charge in [0.05, 0.1) is 18.6 Å². The molecule has 0 fully saturated rings. The van der Waals surface area contributed by atoms with Gasteiger partial charge in [0.25, 0.3) is 9.76 Å². The summed E-state index contributed by atoms with van der Waals surface area (Å²) in [6, 6.07) is 23.7. The van der Waals surface area contributed by atoms with Gasteiger partial charge in [-0.1, -0.05) is 66.7 Å². The Bertz CT molecular complexity index is 919. The smallest absolute Gasteiger partial charge is 0.269 e. The van der Waals surface area contributed by atoms with Crippen molar-refractivity contribution < 1.29 is 9.16 Å². The van der Waals surface area contributed by atoms with Crippen molar-refractivity contribution in [3.05, 3.63) is 89.0 Å². The van der Waals surface area contributed by atoms with Crippen molar-refractivity contribution in [1.82, 2.24) is 0 Å². The third-order valence-electron chi connectivity index (χ3n) is 5.67. The molecule has 0 heterocycles. The lowest BCUT2D eigenvalue weighted by Gasteiger charge is -2.31. The van der Waals surface area contributed by atoms with Crippen molar-refractivity contribution >= 4 is 14.9 Å². The van der Waals surface area contributed by atoms with Crippen LogP contribution in [0.1, 0.15) is 22.3 Å². The van der Waals surface area contributed by atoms with Crippen LogP contribution in [0.25, 0.3) is 11.1 Å². The molecule has 0 atom stereocenters. The predicted octanol–water partition coefficient (Wildman–Crippen LogP) is 4.18. The summed E-state index contributed by atoms with van der Waals surface area (Å²) in [6.45, 7) is 5.55. The van der Waals surface area contributed by atoms with Crippen LogP contribution in [0.2, 0.25) is 0 Å². The van der Waals surface area contributed by atoms with Gasteiger partial charge in [0.15, 0.2) is 0 Å². The molecule has 2 radical (unpaired) electrons. The molecule has 2 nitrogen and oxygen atoms in total. The number of fused-ring (bicyclic) bond motifs is 3. The average Bonchev–Trinajstić information content (AvgIpc) is 2.97. The van der Waals surface area contributed by atoms with Gasteiger partial charge in [0.1, 0.15) is 0 Å². The molecule has 0 aliphatic heterocycles. The van der Waals surface area contributed by atoms with Gasteiger partial charge in [-0.3, -0.25) is 0 Å². The number of hydrogen-bond acceptors (Lipinski definition) is 2. The van der Waals surface area contributed by atoms with E-state index < -0.39 is 0 Å². The molecule has 1 aliphatic rings. The van der Waals surface area contributed by atoms with E-state index >= 15 is 0 Å². The van der Waals surface area contributed by atoms with Crippen LogP contribution in [-0.2, 0) is 14.6 Å². The Morgan fingerprint density at radius 1 is 0.778 bits per heavy atom. The number of methoxy groups -OCH3 is 1. The lowest BCUT2D eigenvalue weighted by atomic mass is 9.80. The second kappa shape index (κ2) is 7.43. The fourth-order valence-corrected chi connectivity index (χ4v) is 5.10. The first kappa shape index (κ1) is 18.2. The van der Waals surface area contributed by atoms with Crippen LogP contribution >= 0.6 is 0 Å². The molecule has 3 heteroatoms. The Balaban J connectivity index is 1.68. The average molecular weight is 373 g/mol. The third kappa shape index (κ3) is 3.06. The minimum absolute atomic E-state index is 0.257. The van der Waals surface area contributed by atoms with Gasteiger partial charge in [-0.05, 0) is 52.4 Å². The summed E-state index contributed by atoms with van der Waals surface area (Å²) in [4.78, 5) is 0. The van der Waals surface area contributed by atoms with Crippen LogP contribution in [0.4, 0.5) is 0 Å². The number of hydrogen-bond donors (Lipinski definition) is 0. The van der Waals surface area contributed by atoms with Gasteiger partial charge in [0.2, 0.25) is 0 Å². The fraction of sp³-hybridized carbons (Fsp3) is 0.250. The van der Waals surface area contributed by atoms with Crippen LogP contribution in [0, 0.1) is 13.8 Å². The highest BCUT2D eigenvalue weighted by Gasteiger charge is 2.43. The predicted molar refractivity (Wildman–Crippen MR) is 112 cm³/mol. The maximum Gasteiger partial charge on any atom is 0.269 e. The lowest BCUT2D eigenvalue weighted by Crippen LogP contribution is -2.38. The normalized spacial score (nSPS) is 14.0. The van der Waals surface area contributed by atoms with E-state index in [1.54, 1.807) is 7.11 Å². The zero-order valence-corrected chi connectivity index (χ0v) is 17.1. The first-order chi connectivity index (χ1) is 13.2. The van der Waals surface area contributed by atoms with E-state index in [-0.39, 0.29) is 5.41 Å². The standard InChI is InChI=1S/C24H24O2Si/c1-17-9-8-14-23(18(17)2)27-26-16-24(15-25-3)21-12-6-4-10-19(21)20-11-5-7-13-22(20)24/h4-14H,15-16H2,1-3H3. The van der Waals surface area contributed by atoms with E-state index in [2.05, 4.69) is 80.6 Å². The van der Waals surface area contributed by atoms with Crippen molar-refractivity contribution in [2.24, 2.45) is 0 Å². The molecule has 1 aliphatic carbocycles. The van der Waals surface area contributed by atoms with Gasteiger partial charge in [-0.15, -0.1) is 0 Å². The minimum Gasteiger partial charge on any atom is -0.410 e. The van der Waals surface area contributed by atoms with Crippen molar-refractivity contribution in [2.75, 3.05) is 20.3 Å². The van der Waals surface area contributed by atoms with Crippen molar-refractivity contribution in [2.45, 2.75) is 19.3 Å². The molecule has 0 amide bonds. The number of benzene rings is 3. The number of rotatable bonds is 6. The minimum atomic E-state index is -0.257. The third-order valence-corrected chi connectivity index (χ3v) is 6.72. The SMILES string of the molecule is COCC1(CO[Si]c2cccc(C)c2C)c2ccccc2-c2ccccc21. The second-order valence-electron chi connectivity index (χ2n) is 7.24. The van der Waals surface area contributed by atoms with E-state index in [1.165, 1.54) is 38.6 Å². The Morgan fingerprint density at radius 2 is 1.41 bits per heavy atom. The Kier molecular flexibility index (Phi) is 5.00. The van der Waals surface area contributed by atoms with Crippen LogP contribution in [0.5, 0.6) is 0 Å². The summed E-state index contributed by atoms with van der Waals surface area (Å²) < 4.78 is 12.1. The molecule has 0 unspecified atom stereocenters. The molecule has 3 aromatic rings. The molecular weight excluding hydrogens is 348 g/mol. The van der Waals surface area contributed by atoms with Crippen LogP contribution in [0.3, 0.4) is 0 Å². The fourth-order valence-electron chi connectivity index (χ4n) is 4.11. The maximum atomic E-state index is 6.36. The quantitative estimate of drug-likeness (QED) is 0.605. The Labute approximate surface area is 164 Å². The molecule has 0 aromatic heterocycles. The zero-order valence-electron chi connectivity index (χ0n) is 16.1. The number of ether oxygens (including phenoxy) is 1. The monoisotopic (exact) mass is 372 g/mol. The Hall–Kier alpha value is -2.20. The molecule has 4 rings (SSSR count). The molecule has 0 N–H and O–H groups in total. The lowest BCUT2D eigenvalue weighted by molar-refractivity contribution is 0.117. The van der Waals surface area contributed by atoms with Crippen molar-refractivity contribution in [3.63, 3.8) is 0 Å². The molecule has 0 spiro atoms. The van der Waals surface area contributed by atoms with Gasteiger partial charge in [-0.2, -0.15) is 0 Å². The molecule has 3 aromatic carbocycles. The van der Waals surface area contributed by atoms with E-state index in [0.29, 0.717) is 23.0 Å². The van der Waals surface area contributed by atoms with E-state index in [0.717, 1.165) is 0 Å². The molecule has 0 saturated carbocycles. The first-order valence-corrected chi connectivity index (χ1v) is 10.2. The van der Waals surface area contributed by atoms with Crippen LogP contribution < -0.4 is 5.19 Å². The van der Waals surface area contributed by atoms with Crippen LogP contribution in [-0.4, -0.2) is 30.1 Å². The highest BCUT2D eigenvalue weighted by molar-refractivity contribution is 6.47. The zero-order chi connectivity index (χ0) is 18.9. The van der Waals surface area contributed by atoms with E-state index in [9.17, 15) is 0 Å². The first-order valence-electron chi connectivity index (χ1n) is 9.30. The largest absolute Gasteiger partial charge is 0.410 e. The molecule has 0 saturated heterocycles. The maximum absolute atomic E-state index is 6.36. The second-order valence-corrected chi connectivity index (χ2v) is 8.28. The van der Waals surface area contributed by atoms with Crippen molar-refractivity contribution in [3.8, 4) is 11.1 Å². The van der Waals surface area contributed by atoms with E-state index in [4.69, 9.17) is 9.16 Å². The summed E-state index contributed by atoms with van der Waals surface area (Å²) in [7, 11) is 2.11. The van der Waals surface area contributed by atoms with Gasteiger partial charge in [-0.25, -0.2) is 0 Å². The molecule has 0 bridgehead atoms. The Morgan fingerprint density at radius 3 is 2.04 bits per heavy atom. The summed E-state index contributed by atoms with van der Waals surface area (Å²) in [5.41, 5.74) is 7.58. The summed E-state index contributed by atoms with van der Waals surface area (Å²) in [6.07, 6.45) is 0. The van der Waals surface area contributed by atoms with Gasteiger partial charge >= 0.3 is 0 Å². The van der Waals surface area contributed by atoms with Gasteiger partial charge < -0.3 is 9.16 Å². The summed E-state index contributed by atoms with van der Waals surface area (Å²) in [5.74, 6) is 0. The molecule has 136 valence electrons. The van der Waals surface area contributed by atoms with Gasteiger partial charge in [0, 0.05) is 7.11 Å². The van der Waals surface area contributed by atoms with Crippen LogP contribution in [0.15, 0.2) is 66.7 Å².